The van der Waals surface area contributed by atoms with Crippen LogP contribution in [0.2, 0.25) is 0 Å². The van der Waals surface area contributed by atoms with Gasteiger partial charge in [-0.05, 0) is 42.3 Å². The molecule has 1 aromatic heterocycles. The fourth-order valence-electron chi connectivity index (χ4n) is 2.51. The second-order valence-electron chi connectivity index (χ2n) is 5.88. The fourth-order valence-corrected chi connectivity index (χ4v) is 3.46. The predicted octanol–water partition coefficient (Wildman–Crippen LogP) is 5.00. The zero-order valence-electron chi connectivity index (χ0n) is 14.4. The van der Waals surface area contributed by atoms with Gasteiger partial charge in [0.1, 0.15) is 10.8 Å². The van der Waals surface area contributed by atoms with Crippen molar-refractivity contribution in [2.75, 3.05) is 0 Å². The lowest BCUT2D eigenvalue weighted by atomic mass is 10.1. The van der Waals surface area contributed by atoms with Crippen LogP contribution in [0.4, 0.5) is 4.39 Å². The SMILES string of the molecule is CC(NC(=O)c1cccnc1SCc1ccc(F)cc1)c1ccccc1. The first kappa shape index (κ1) is 18.1. The maximum Gasteiger partial charge on any atom is 0.254 e. The zero-order valence-corrected chi connectivity index (χ0v) is 15.2. The van der Waals surface area contributed by atoms with Crippen LogP contribution in [0.15, 0.2) is 78.0 Å². The van der Waals surface area contributed by atoms with Gasteiger partial charge in [-0.2, -0.15) is 0 Å². The molecule has 26 heavy (non-hydrogen) atoms. The van der Waals surface area contributed by atoms with Gasteiger partial charge >= 0.3 is 0 Å². The average molecular weight is 366 g/mol. The van der Waals surface area contributed by atoms with Crippen molar-refractivity contribution in [2.24, 2.45) is 0 Å². The van der Waals surface area contributed by atoms with Crippen LogP contribution in [-0.2, 0) is 5.75 Å². The Morgan fingerprint density at radius 2 is 1.81 bits per heavy atom. The normalized spacial score (nSPS) is 11.8. The number of aromatic nitrogens is 1. The lowest BCUT2D eigenvalue weighted by molar-refractivity contribution is 0.0936. The van der Waals surface area contributed by atoms with Gasteiger partial charge in [-0.3, -0.25) is 4.79 Å². The molecule has 0 aliphatic rings. The Labute approximate surface area is 156 Å². The summed E-state index contributed by atoms with van der Waals surface area (Å²) in [5.41, 5.74) is 2.57. The molecule has 1 heterocycles. The Morgan fingerprint density at radius 1 is 1.08 bits per heavy atom. The molecule has 0 saturated heterocycles. The molecule has 0 radical (unpaired) electrons. The molecule has 0 saturated carbocycles. The van der Waals surface area contributed by atoms with Crippen molar-refractivity contribution in [2.45, 2.75) is 23.7 Å². The maximum absolute atomic E-state index is 13.0. The van der Waals surface area contributed by atoms with E-state index >= 15 is 0 Å². The lowest BCUT2D eigenvalue weighted by Gasteiger charge is -2.15. The summed E-state index contributed by atoms with van der Waals surface area (Å²) in [4.78, 5) is 17.0. The van der Waals surface area contributed by atoms with Crippen molar-refractivity contribution in [1.82, 2.24) is 10.3 Å². The van der Waals surface area contributed by atoms with E-state index in [9.17, 15) is 9.18 Å². The Morgan fingerprint density at radius 3 is 2.54 bits per heavy atom. The van der Waals surface area contributed by atoms with E-state index in [1.54, 1.807) is 30.5 Å². The highest BCUT2D eigenvalue weighted by atomic mass is 32.2. The number of amides is 1. The van der Waals surface area contributed by atoms with Crippen LogP contribution in [-0.4, -0.2) is 10.9 Å². The summed E-state index contributed by atoms with van der Waals surface area (Å²) in [7, 11) is 0. The third-order valence-corrected chi connectivity index (χ3v) is 5.03. The van der Waals surface area contributed by atoms with E-state index in [1.807, 2.05) is 37.3 Å². The van der Waals surface area contributed by atoms with Crippen molar-refractivity contribution < 1.29 is 9.18 Å². The standard InChI is InChI=1S/C21H19FN2OS/c1-15(17-6-3-2-4-7-17)24-20(25)19-8-5-13-23-21(19)26-14-16-9-11-18(22)12-10-16/h2-13,15H,14H2,1H3,(H,24,25). The topological polar surface area (TPSA) is 42.0 Å². The maximum atomic E-state index is 13.0. The summed E-state index contributed by atoms with van der Waals surface area (Å²) in [6.45, 7) is 1.95. The number of nitrogens with zero attached hydrogens (tertiary/aromatic N) is 1. The number of pyridine rings is 1. The fraction of sp³-hybridized carbons (Fsp3) is 0.143. The van der Waals surface area contributed by atoms with E-state index < -0.39 is 0 Å². The summed E-state index contributed by atoms with van der Waals surface area (Å²) in [5.74, 6) is 0.203. The molecule has 0 spiro atoms. The molecule has 0 aliphatic carbocycles. The second kappa shape index (κ2) is 8.63. The monoisotopic (exact) mass is 366 g/mol. The Hall–Kier alpha value is -2.66. The van der Waals surface area contributed by atoms with Gasteiger partial charge in [0.05, 0.1) is 11.6 Å². The summed E-state index contributed by atoms with van der Waals surface area (Å²) >= 11 is 1.46. The number of hydrogen-bond acceptors (Lipinski definition) is 3. The molecule has 0 aliphatic heterocycles. The van der Waals surface area contributed by atoms with Crippen molar-refractivity contribution in [3.8, 4) is 0 Å². The van der Waals surface area contributed by atoms with Crippen LogP contribution < -0.4 is 5.32 Å². The van der Waals surface area contributed by atoms with Gasteiger partial charge in [0.2, 0.25) is 0 Å². The van der Waals surface area contributed by atoms with E-state index in [1.165, 1.54) is 23.9 Å². The van der Waals surface area contributed by atoms with Crippen molar-refractivity contribution in [3.05, 3.63) is 95.4 Å². The molecular formula is C21H19FN2OS. The minimum absolute atomic E-state index is 0.0983. The van der Waals surface area contributed by atoms with Gasteiger partial charge < -0.3 is 5.32 Å². The first-order valence-electron chi connectivity index (χ1n) is 8.31. The van der Waals surface area contributed by atoms with Crippen molar-refractivity contribution in [1.29, 1.82) is 0 Å². The lowest BCUT2D eigenvalue weighted by Crippen LogP contribution is -2.27. The van der Waals surface area contributed by atoms with Crippen LogP contribution in [0, 0.1) is 5.82 Å². The largest absolute Gasteiger partial charge is 0.345 e. The molecule has 0 bridgehead atoms. The van der Waals surface area contributed by atoms with E-state index in [0.29, 0.717) is 16.3 Å². The van der Waals surface area contributed by atoms with E-state index in [4.69, 9.17) is 0 Å². The summed E-state index contributed by atoms with van der Waals surface area (Å²) in [6.07, 6.45) is 1.67. The van der Waals surface area contributed by atoms with Gasteiger partial charge in [0, 0.05) is 11.9 Å². The number of rotatable bonds is 6. The number of halogens is 1. The Bertz CT molecular complexity index is 869. The van der Waals surface area contributed by atoms with Crippen LogP contribution >= 0.6 is 11.8 Å². The summed E-state index contributed by atoms with van der Waals surface area (Å²) in [5, 5.41) is 3.68. The second-order valence-corrected chi connectivity index (χ2v) is 6.84. The molecule has 5 heteroatoms. The van der Waals surface area contributed by atoms with Gasteiger partial charge in [-0.15, -0.1) is 11.8 Å². The molecule has 132 valence electrons. The van der Waals surface area contributed by atoms with Crippen LogP contribution in [0.25, 0.3) is 0 Å². The van der Waals surface area contributed by atoms with Crippen LogP contribution in [0.1, 0.15) is 34.5 Å². The van der Waals surface area contributed by atoms with Crippen LogP contribution in [0.5, 0.6) is 0 Å². The van der Waals surface area contributed by atoms with Gasteiger partial charge in [0.15, 0.2) is 0 Å². The quantitative estimate of drug-likeness (QED) is 0.624. The minimum Gasteiger partial charge on any atom is -0.345 e. The van der Waals surface area contributed by atoms with Crippen molar-refractivity contribution >= 4 is 17.7 Å². The number of hydrogen-bond donors (Lipinski definition) is 1. The average Bonchev–Trinajstić information content (AvgIpc) is 2.68. The number of carbonyl (C=O) groups excluding carboxylic acids is 1. The molecule has 1 atom stereocenters. The molecule has 0 fully saturated rings. The predicted molar refractivity (Wildman–Crippen MR) is 103 cm³/mol. The highest BCUT2D eigenvalue weighted by Crippen LogP contribution is 2.25. The number of benzene rings is 2. The highest BCUT2D eigenvalue weighted by Gasteiger charge is 2.16. The van der Waals surface area contributed by atoms with E-state index in [0.717, 1.165) is 11.1 Å². The third-order valence-electron chi connectivity index (χ3n) is 3.95. The zero-order chi connectivity index (χ0) is 18.4. The first-order chi connectivity index (χ1) is 12.6. The molecule has 1 N–H and O–H groups in total. The molecule has 1 amide bonds. The molecule has 3 nitrogen and oxygen atoms in total. The highest BCUT2D eigenvalue weighted by molar-refractivity contribution is 7.98. The Balaban J connectivity index is 1.69. The third kappa shape index (κ3) is 4.70. The Kier molecular flexibility index (Phi) is 6.02. The van der Waals surface area contributed by atoms with Gasteiger partial charge in [-0.25, -0.2) is 9.37 Å². The van der Waals surface area contributed by atoms with Gasteiger partial charge in [-0.1, -0.05) is 42.5 Å². The number of nitrogens with one attached hydrogen (secondary N) is 1. The molecule has 1 unspecified atom stereocenters. The molecule has 3 aromatic rings. The molecule has 2 aromatic carbocycles. The number of carbonyl (C=O) groups is 1. The van der Waals surface area contributed by atoms with E-state index in [2.05, 4.69) is 10.3 Å². The first-order valence-corrected chi connectivity index (χ1v) is 9.30. The molecule has 3 rings (SSSR count). The summed E-state index contributed by atoms with van der Waals surface area (Å²) < 4.78 is 13.0. The van der Waals surface area contributed by atoms with E-state index in [-0.39, 0.29) is 17.8 Å². The summed E-state index contributed by atoms with van der Waals surface area (Å²) in [6, 6.07) is 19.6. The number of thioether (sulfide) groups is 1. The van der Waals surface area contributed by atoms with Crippen LogP contribution in [0.3, 0.4) is 0 Å². The van der Waals surface area contributed by atoms with Crippen molar-refractivity contribution in [3.63, 3.8) is 0 Å². The smallest absolute Gasteiger partial charge is 0.254 e. The minimum atomic E-state index is -0.258. The molecular weight excluding hydrogens is 347 g/mol. The van der Waals surface area contributed by atoms with Gasteiger partial charge in [0.25, 0.3) is 5.91 Å².